The Morgan fingerprint density at radius 2 is 1.63 bits per heavy atom. The van der Waals surface area contributed by atoms with E-state index in [-0.39, 0.29) is 29.8 Å². The van der Waals surface area contributed by atoms with Gasteiger partial charge in [0.05, 0.1) is 19.3 Å². The fourth-order valence-electron chi connectivity index (χ4n) is 5.04. The maximum Gasteiger partial charge on any atom is 0.201 e. The lowest BCUT2D eigenvalue weighted by Crippen LogP contribution is -2.20. The molecular formula is C33H37F3O2. The molecule has 2 nitrogen and oxygen atoms in total. The van der Waals surface area contributed by atoms with Crippen LogP contribution in [0.2, 0.25) is 0 Å². The van der Waals surface area contributed by atoms with Crippen molar-refractivity contribution in [2.75, 3.05) is 13.2 Å². The van der Waals surface area contributed by atoms with Crippen molar-refractivity contribution >= 4 is 0 Å². The Morgan fingerprint density at radius 1 is 0.895 bits per heavy atom. The van der Waals surface area contributed by atoms with Gasteiger partial charge < -0.3 is 9.47 Å². The van der Waals surface area contributed by atoms with Crippen molar-refractivity contribution < 1.29 is 22.6 Å². The summed E-state index contributed by atoms with van der Waals surface area (Å²) in [5.74, 6) is -1.79. The summed E-state index contributed by atoms with van der Waals surface area (Å²) in [4.78, 5) is 0. The quantitative estimate of drug-likeness (QED) is 0.184. The molecule has 0 bridgehead atoms. The van der Waals surface area contributed by atoms with Crippen LogP contribution in [0.1, 0.15) is 70.5 Å². The molecule has 2 unspecified atom stereocenters. The topological polar surface area (TPSA) is 18.5 Å². The maximum atomic E-state index is 15.1. The zero-order chi connectivity index (χ0) is 26.9. The monoisotopic (exact) mass is 522 g/mol. The first kappa shape index (κ1) is 28.0. The van der Waals surface area contributed by atoms with Gasteiger partial charge >= 0.3 is 0 Å². The lowest BCUT2D eigenvalue weighted by Gasteiger charge is -2.29. The van der Waals surface area contributed by atoms with Crippen LogP contribution >= 0.6 is 0 Å². The molecule has 202 valence electrons. The normalized spacial score (nSPS) is 17.7. The molecule has 5 heteroatoms. The van der Waals surface area contributed by atoms with Crippen molar-refractivity contribution in [2.45, 2.75) is 64.9 Å². The molecule has 0 aliphatic carbocycles. The first-order chi connectivity index (χ1) is 18.5. The third-order valence-corrected chi connectivity index (χ3v) is 7.28. The Balaban J connectivity index is 1.42. The molecule has 38 heavy (non-hydrogen) atoms. The van der Waals surface area contributed by atoms with Crippen LogP contribution in [-0.2, 0) is 4.74 Å². The molecule has 1 fully saturated rings. The molecule has 1 aliphatic heterocycles. The number of hydrogen-bond acceptors (Lipinski definition) is 2. The van der Waals surface area contributed by atoms with Gasteiger partial charge in [-0.15, -0.1) is 0 Å². The number of rotatable bonds is 11. The van der Waals surface area contributed by atoms with Gasteiger partial charge in [-0.25, -0.2) is 8.78 Å². The Hall–Kier alpha value is -3.05. The minimum absolute atomic E-state index is 0.0729. The van der Waals surface area contributed by atoms with E-state index in [9.17, 15) is 8.78 Å². The molecule has 0 amide bonds. The highest BCUT2D eigenvalue weighted by Crippen LogP contribution is 2.36. The van der Waals surface area contributed by atoms with E-state index in [1.807, 2.05) is 25.1 Å². The third kappa shape index (κ3) is 6.87. The van der Waals surface area contributed by atoms with Crippen LogP contribution in [0, 0.1) is 23.4 Å². The van der Waals surface area contributed by atoms with E-state index in [2.05, 4.69) is 6.92 Å². The fourth-order valence-corrected chi connectivity index (χ4v) is 5.04. The average Bonchev–Trinajstić information content (AvgIpc) is 2.94. The minimum Gasteiger partial charge on any atom is -0.490 e. The summed E-state index contributed by atoms with van der Waals surface area (Å²) < 4.78 is 55.9. The number of allylic oxidation sites excluding steroid dienone is 1. The summed E-state index contributed by atoms with van der Waals surface area (Å²) in [5.41, 5.74) is 2.63. The van der Waals surface area contributed by atoms with Crippen LogP contribution in [0.15, 0.2) is 66.7 Å². The minimum atomic E-state index is -1.01. The summed E-state index contributed by atoms with van der Waals surface area (Å²) in [6.45, 7) is 5.11. The summed E-state index contributed by atoms with van der Waals surface area (Å²) in [6.07, 6.45) is 11.3. The molecule has 1 aliphatic rings. The highest BCUT2D eigenvalue weighted by Gasteiger charge is 2.23. The lowest BCUT2D eigenvalue weighted by atomic mass is 9.90. The first-order valence-electron chi connectivity index (χ1n) is 13.8. The Labute approximate surface area is 224 Å². The maximum absolute atomic E-state index is 15.1. The summed E-state index contributed by atoms with van der Waals surface area (Å²) in [7, 11) is 0. The van der Waals surface area contributed by atoms with Gasteiger partial charge in [-0.2, -0.15) is 4.39 Å². The van der Waals surface area contributed by atoms with Gasteiger partial charge in [0.2, 0.25) is 5.82 Å². The number of ether oxygens (including phenoxy) is 2. The molecule has 2 atom stereocenters. The Bertz CT molecular complexity index is 1210. The van der Waals surface area contributed by atoms with Crippen LogP contribution in [0.5, 0.6) is 5.75 Å². The first-order valence-corrected chi connectivity index (χ1v) is 13.8. The van der Waals surface area contributed by atoms with Crippen LogP contribution in [-0.4, -0.2) is 13.2 Å². The molecule has 0 radical (unpaired) electrons. The van der Waals surface area contributed by atoms with E-state index in [0.29, 0.717) is 29.0 Å². The highest BCUT2D eigenvalue weighted by atomic mass is 19.2. The van der Waals surface area contributed by atoms with Gasteiger partial charge in [0.15, 0.2) is 11.6 Å². The Kier molecular flexibility index (Phi) is 10.1. The second-order valence-corrected chi connectivity index (χ2v) is 10.0. The molecule has 1 heterocycles. The van der Waals surface area contributed by atoms with Crippen LogP contribution in [0.25, 0.3) is 22.3 Å². The van der Waals surface area contributed by atoms with Crippen LogP contribution < -0.4 is 4.74 Å². The van der Waals surface area contributed by atoms with Crippen molar-refractivity contribution in [3.8, 4) is 28.0 Å². The molecular weight excluding hydrogens is 485 g/mol. The van der Waals surface area contributed by atoms with Gasteiger partial charge in [0.1, 0.15) is 5.82 Å². The molecule has 3 aromatic carbocycles. The van der Waals surface area contributed by atoms with Crippen molar-refractivity contribution in [3.05, 3.63) is 89.8 Å². The number of halogens is 3. The fraction of sp³-hybridized carbons (Fsp3) is 0.394. The van der Waals surface area contributed by atoms with Crippen LogP contribution in [0.4, 0.5) is 13.2 Å². The van der Waals surface area contributed by atoms with E-state index in [4.69, 9.17) is 9.47 Å². The second kappa shape index (κ2) is 13.7. The van der Waals surface area contributed by atoms with E-state index < -0.39 is 11.6 Å². The molecule has 0 spiro atoms. The van der Waals surface area contributed by atoms with Gasteiger partial charge in [0, 0.05) is 11.1 Å². The average molecular weight is 523 g/mol. The Morgan fingerprint density at radius 3 is 2.29 bits per heavy atom. The third-order valence-electron chi connectivity index (χ3n) is 7.28. The molecule has 1 saturated heterocycles. The zero-order valence-electron chi connectivity index (χ0n) is 22.3. The standard InChI is InChI=1S/C33H37F3O2/c1-3-5-7-9-23-10-18-30(38-22-23)26-15-16-27(29(34)21-26)24-11-13-25(14-12-24)28-17-19-31(33(36)32(28)35)37-20-8-6-4-2/h4,6,11-17,19,21,23,30H,3,5,7-10,18,20,22H2,1-2H3. The van der Waals surface area contributed by atoms with Crippen LogP contribution in [0.3, 0.4) is 0 Å². The summed E-state index contributed by atoms with van der Waals surface area (Å²) >= 11 is 0. The molecule has 3 aromatic rings. The van der Waals surface area contributed by atoms with E-state index in [0.717, 1.165) is 25.0 Å². The largest absolute Gasteiger partial charge is 0.490 e. The predicted octanol–water partition coefficient (Wildman–Crippen LogP) is 9.83. The smallest absolute Gasteiger partial charge is 0.201 e. The molecule has 0 aromatic heterocycles. The van der Waals surface area contributed by atoms with E-state index in [1.165, 1.54) is 37.8 Å². The van der Waals surface area contributed by atoms with Gasteiger partial charge in [-0.3, -0.25) is 0 Å². The lowest BCUT2D eigenvalue weighted by molar-refractivity contribution is -0.0200. The van der Waals surface area contributed by atoms with Crippen molar-refractivity contribution in [3.63, 3.8) is 0 Å². The van der Waals surface area contributed by atoms with Gasteiger partial charge in [-0.1, -0.05) is 74.7 Å². The van der Waals surface area contributed by atoms with Crippen molar-refractivity contribution in [1.29, 1.82) is 0 Å². The molecule has 0 N–H and O–H groups in total. The number of hydrogen-bond donors (Lipinski definition) is 0. The van der Waals surface area contributed by atoms with E-state index >= 15 is 4.39 Å². The van der Waals surface area contributed by atoms with E-state index in [1.54, 1.807) is 36.4 Å². The summed E-state index contributed by atoms with van der Waals surface area (Å²) in [5, 5.41) is 0. The van der Waals surface area contributed by atoms with Gasteiger partial charge in [0.25, 0.3) is 0 Å². The number of benzene rings is 3. The van der Waals surface area contributed by atoms with Crippen molar-refractivity contribution in [2.24, 2.45) is 5.92 Å². The second-order valence-electron chi connectivity index (χ2n) is 10.0. The van der Waals surface area contributed by atoms with Gasteiger partial charge in [-0.05, 0) is 73.4 Å². The molecule has 0 saturated carbocycles. The SMILES string of the molecule is CC=CCCOc1ccc(-c2ccc(-c3ccc(C4CCC(CCCCC)CO4)cc3F)cc2)c(F)c1F. The predicted molar refractivity (Wildman–Crippen MR) is 148 cm³/mol. The summed E-state index contributed by atoms with van der Waals surface area (Å²) in [6, 6.07) is 15.0. The van der Waals surface area contributed by atoms with Crippen molar-refractivity contribution in [1.82, 2.24) is 0 Å². The highest BCUT2D eigenvalue weighted by molar-refractivity contribution is 5.71. The zero-order valence-corrected chi connectivity index (χ0v) is 22.3. The number of unbranched alkanes of at least 4 members (excludes halogenated alkanes) is 2. The molecule has 4 rings (SSSR count).